The van der Waals surface area contributed by atoms with E-state index in [2.05, 4.69) is 65.8 Å². The van der Waals surface area contributed by atoms with Gasteiger partial charge in [0, 0.05) is 24.2 Å². The van der Waals surface area contributed by atoms with Gasteiger partial charge in [0.05, 0.1) is 18.8 Å². The molecule has 2 unspecified atom stereocenters. The van der Waals surface area contributed by atoms with Gasteiger partial charge in [-0.1, -0.05) is 64.5 Å². The highest BCUT2D eigenvalue weighted by Gasteiger charge is 2.61. The van der Waals surface area contributed by atoms with Gasteiger partial charge in [0.1, 0.15) is 17.0 Å². The Morgan fingerprint density at radius 1 is 0.810 bits per heavy atom. The van der Waals surface area contributed by atoms with Gasteiger partial charge >= 0.3 is 0 Å². The zero-order chi connectivity index (χ0) is 29.8. The Morgan fingerprint density at radius 2 is 1.50 bits per heavy atom. The first-order valence-electron chi connectivity index (χ1n) is 16.4. The number of rotatable bonds is 2. The Balaban J connectivity index is 1.27. The van der Waals surface area contributed by atoms with Gasteiger partial charge in [0.2, 0.25) is 0 Å². The molecule has 1 N–H and O–H groups in total. The molecule has 6 nitrogen and oxygen atoms in total. The Bertz CT molecular complexity index is 1300. The fraction of sp³-hybridized carbons (Fsp3) is 0.750. The molecular weight excluding hydrogens is 528 g/mol. The highest BCUT2D eigenvalue weighted by molar-refractivity contribution is 5.87. The van der Waals surface area contributed by atoms with Gasteiger partial charge in [0.25, 0.3) is 0 Å². The van der Waals surface area contributed by atoms with Gasteiger partial charge in [-0.15, -0.1) is 0 Å². The van der Waals surface area contributed by atoms with Crippen molar-refractivity contribution in [2.45, 2.75) is 128 Å². The number of fused-ring (bicyclic) bond motifs is 4. The molecule has 3 saturated carbocycles. The van der Waals surface area contributed by atoms with Crippen molar-refractivity contribution in [1.29, 1.82) is 0 Å². The van der Waals surface area contributed by atoms with E-state index in [-0.39, 0.29) is 22.2 Å². The van der Waals surface area contributed by atoms with Crippen LogP contribution in [0.2, 0.25) is 0 Å². The molecule has 0 aromatic heterocycles. The predicted octanol–water partition coefficient (Wildman–Crippen LogP) is 7.49. The summed E-state index contributed by atoms with van der Waals surface area (Å²) in [6, 6.07) is 8.90. The molecule has 230 valence electrons. The summed E-state index contributed by atoms with van der Waals surface area (Å²) in [5.41, 5.74) is 2.96. The Kier molecular flexibility index (Phi) is 6.57. The van der Waals surface area contributed by atoms with Gasteiger partial charge in [-0.25, -0.2) is 19.6 Å². The van der Waals surface area contributed by atoms with Crippen LogP contribution >= 0.6 is 0 Å². The van der Waals surface area contributed by atoms with Gasteiger partial charge in [-0.3, -0.25) is 4.79 Å². The monoisotopic (exact) mass is 578 g/mol. The van der Waals surface area contributed by atoms with E-state index in [0.29, 0.717) is 43.7 Å². The van der Waals surface area contributed by atoms with Crippen LogP contribution in [0.25, 0.3) is 0 Å². The fourth-order valence-corrected chi connectivity index (χ4v) is 10.5. The number of Topliss-reactive ketones (excluding diaryl/α,β-unsaturated/α-hetero) is 1. The number of carbonyl (C=O) groups is 1. The van der Waals surface area contributed by atoms with Gasteiger partial charge in [-0.05, 0) is 97.7 Å². The van der Waals surface area contributed by atoms with Crippen LogP contribution < -0.4 is 0 Å². The molecule has 7 atom stereocenters. The molecule has 7 rings (SSSR count). The van der Waals surface area contributed by atoms with E-state index in [4.69, 9.17) is 19.6 Å². The van der Waals surface area contributed by atoms with Crippen LogP contribution in [0.3, 0.4) is 0 Å². The first-order valence-corrected chi connectivity index (χ1v) is 16.4. The standard InChI is InChI=1S/C36H50O6/c1-31(2)18-34(6,41-39-21-31)24-9-7-23(8-10-24)26-17-33(5)27(11-12-29(33)37)25-13-16-36(38)20-35(15-14-28(36)30(25)26)19-32(3,4)22-40-42-35/h7-10,25-27,38H,11-22H2,1-6H3/t25-,26+,27-,33-,34?,35?,36+/m0/s1. The lowest BCUT2D eigenvalue weighted by Crippen LogP contribution is -2.56. The molecule has 1 spiro atoms. The lowest BCUT2D eigenvalue weighted by molar-refractivity contribution is -0.414. The highest BCUT2D eigenvalue weighted by Crippen LogP contribution is 2.65. The van der Waals surface area contributed by atoms with E-state index in [1.165, 1.54) is 16.7 Å². The number of carbonyl (C=O) groups excluding carboxylic acids is 1. The third kappa shape index (κ3) is 4.58. The smallest absolute Gasteiger partial charge is 0.139 e. The van der Waals surface area contributed by atoms with Crippen LogP contribution in [-0.2, 0) is 29.9 Å². The maximum atomic E-state index is 13.4. The van der Waals surface area contributed by atoms with Crippen molar-refractivity contribution in [3.05, 3.63) is 46.5 Å². The molecule has 4 aliphatic carbocycles. The maximum absolute atomic E-state index is 13.4. The second kappa shape index (κ2) is 9.47. The highest BCUT2D eigenvalue weighted by atomic mass is 17.2. The first-order chi connectivity index (χ1) is 19.7. The van der Waals surface area contributed by atoms with Gasteiger partial charge in [0.15, 0.2) is 0 Å². The molecule has 6 heteroatoms. The van der Waals surface area contributed by atoms with Crippen LogP contribution in [0.1, 0.15) is 123 Å². The molecule has 42 heavy (non-hydrogen) atoms. The van der Waals surface area contributed by atoms with Crippen LogP contribution in [-0.4, -0.2) is 35.3 Å². The summed E-state index contributed by atoms with van der Waals surface area (Å²) in [6.07, 6.45) is 8.20. The fourth-order valence-electron chi connectivity index (χ4n) is 10.5. The number of hydrogen-bond donors (Lipinski definition) is 1. The molecule has 1 aromatic carbocycles. The molecule has 0 bridgehead atoms. The topological polar surface area (TPSA) is 74.2 Å². The predicted molar refractivity (Wildman–Crippen MR) is 159 cm³/mol. The summed E-state index contributed by atoms with van der Waals surface area (Å²) in [7, 11) is 0. The van der Waals surface area contributed by atoms with Crippen LogP contribution in [0, 0.1) is 28.1 Å². The second-order valence-corrected chi connectivity index (χ2v) is 16.9. The zero-order valence-electron chi connectivity index (χ0n) is 26.5. The zero-order valence-corrected chi connectivity index (χ0v) is 26.5. The van der Waals surface area contributed by atoms with Crippen molar-refractivity contribution in [1.82, 2.24) is 0 Å². The SMILES string of the molecule is CC1(C)COOC2(CCC3=C4[C@@H](CC[C@@]3(O)C2)[C@@H]2CCC(=O)[C@@]2(C)C[C@@H]4c2ccc(C3(C)CC(C)(C)COO3)cc2)C1. The van der Waals surface area contributed by atoms with Crippen molar-refractivity contribution >= 4 is 5.78 Å². The quantitative estimate of drug-likeness (QED) is 0.290. The van der Waals surface area contributed by atoms with Crippen LogP contribution in [0.4, 0.5) is 0 Å². The molecule has 2 aliphatic heterocycles. The summed E-state index contributed by atoms with van der Waals surface area (Å²) in [6.45, 7) is 14.4. The van der Waals surface area contributed by atoms with E-state index in [1.54, 1.807) is 0 Å². The maximum Gasteiger partial charge on any atom is 0.139 e. The minimum atomic E-state index is -0.887. The second-order valence-electron chi connectivity index (χ2n) is 16.9. The third-order valence-electron chi connectivity index (χ3n) is 12.2. The summed E-state index contributed by atoms with van der Waals surface area (Å²) in [5.74, 6) is 1.26. The minimum Gasteiger partial charge on any atom is -0.385 e. The van der Waals surface area contributed by atoms with E-state index in [9.17, 15) is 9.90 Å². The lowest BCUT2D eigenvalue weighted by Gasteiger charge is -2.57. The lowest BCUT2D eigenvalue weighted by atomic mass is 9.50. The molecule has 2 heterocycles. The Morgan fingerprint density at radius 3 is 2.19 bits per heavy atom. The first kappa shape index (κ1) is 29.2. The van der Waals surface area contributed by atoms with E-state index in [0.717, 1.165) is 56.9 Å². The summed E-state index contributed by atoms with van der Waals surface area (Å²) >= 11 is 0. The average Bonchev–Trinajstić information content (AvgIpc) is 3.20. The normalized spacial score (nSPS) is 44.5. The van der Waals surface area contributed by atoms with Crippen molar-refractivity contribution < 1.29 is 29.5 Å². The number of ketones is 1. The molecule has 0 amide bonds. The summed E-state index contributed by atoms with van der Waals surface area (Å²) in [5, 5.41) is 12.4. The number of hydrogen-bond acceptors (Lipinski definition) is 6. The van der Waals surface area contributed by atoms with E-state index >= 15 is 0 Å². The van der Waals surface area contributed by atoms with Gasteiger partial charge < -0.3 is 5.11 Å². The molecular formula is C36H50O6. The van der Waals surface area contributed by atoms with Crippen molar-refractivity contribution in [3.8, 4) is 0 Å². The van der Waals surface area contributed by atoms with E-state index < -0.39 is 16.8 Å². The molecule has 2 saturated heterocycles. The molecule has 5 fully saturated rings. The molecule has 0 radical (unpaired) electrons. The Labute approximate surface area is 251 Å². The third-order valence-corrected chi connectivity index (χ3v) is 12.2. The van der Waals surface area contributed by atoms with Crippen molar-refractivity contribution in [3.63, 3.8) is 0 Å². The number of benzene rings is 1. The summed E-state index contributed by atoms with van der Waals surface area (Å²) in [4.78, 5) is 36.6. The molecule has 6 aliphatic rings. The Hall–Kier alpha value is -1.57. The van der Waals surface area contributed by atoms with Crippen LogP contribution in [0.5, 0.6) is 0 Å². The van der Waals surface area contributed by atoms with E-state index in [1.807, 2.05) is 0 Å². The minimum absolute atomic E-state index is 0.0243. The average molecular weight is 579 g/mol. The molecule has 1 aromatic rings. The van der Waals surface area contributed by atoms with Gasteiger partial charge in [-0.2, -0.15) is 0 Å². The summed E-state index contributed by atoms with van der Waals surface area (Å²) < 4.78 is 0. The largest absolute Gasteiger partial charge is 0.385 e. The number of allylic oxidation sites excluding steroid dienone is 1. The van der Waals surface area contributed by atoms with Crippen molar-refractivity contribution in [2.24, 2.45) is 28.1 Å². The van der Waals surface area contributed by atoms with Crippen molar-refractivity contribution in [2.75, 3.05) is 13.2 Å². The number of aliphatic hydroxyl groups is 1. The van der Waals surface area contributed by atoms with Crippen LogP contribution in [0.15, 0.2) is 35.4 Å².